The Morgan fingerprint density at radius 2 is 1.77 bits per heavy atom. The molecular formula is C33H37F3N4O3. The Morgan fingerprint density at radius 1 is 1.05 bits per heavy atom. The standard InChI is InChI=1S/C33H37F3N4O3/c1-3-39(18-22-7-9-25(10-8-22)32(41)42)30-16-27-6-4-5-26(27)15-28(30)20-40(31-11-21(2)38-43-31)19-24-12-23(17-37)13-29(14-24)33(34,35)36/h11-16,22,25H,3-10,18-20H2,1-2H3,(H,41,42). The molecule has 2 aromatic carbocycles. The summed E-state index contributed by atoms with van der Waals surface area (Å²) in [6, 6.07) is 11.6. The van der Waals surface area contributed by atoms with Crippen LogP contribution in [0.2, 0.25) is 0 Å². The van der Waals surface area contributed by atoms with Gasteiger partial charge >= 0.3 is 12.1 Å². The lowest BCUT2D eigenvalue weighted by Gasteiger charge is -2.34. The van der Waals surface area contributed by atoms with Gasteiger partial charge in [0.2, 0.25) is 5.88 Å². The molecule has 0 bridgehead atoms. The van der Waals surface area contributed by atoms with Gasteiger partial charge in [-0.3, -0.25) is 4.79 Å². The molecule has 228 valence electrons. The zero-order valence-corrected chi connectivity index (χ0v) is 24.6. The van der Waals surface area contributed by atoms with Crippen molar-refractivity contribution in [3.8, 4) is 6.07 Å². The molecule has 0 unspecified atom stereocenters. The third-order valence-corrected chi connectivity index (χ3v) is 8.80. The first kappa shape index (κ1) is 30.5. The predicted octanol–water partition coefficient (Wildman–Crippen LogP) is 7.29. The van der Waals surface area contributed by atoms with E-state index in [1.54, 1.807) is 13.0 Å². The van der Waals surface area contributed by atoms with Crippen LogP contribution in [0, 0.1) is 30.1 Å². The van der Waals surface area contributed by atoms with Crippen LogP contribution < -0.4 is 9.80 Å². The highest BCUT2D eigenvalue weighted by molar-refractivity contribution is 5.70. The second-order valence-electron chi connectivity index (χ2n) is 11.9. The van der Waals surface area contributed by atoms with Gasteiger partial charge < -0.3 is 19.4 Å². The molecular weight excluding hydrogens is 557 g/mol. The van der Waals surface area contributed by atoms with E-state index in [0.717, 1.165) is 68.6 Å². The Bertz CT molecular complexity index is 1500. The van der Waals surface area contributed by atoms with Crippen molar-refractivity contribution < 1.29 is 27.6 Å². The average Bonchev–Trinajstić information content (AvgIpc) is 3.63. The molecule has 43 heavy (non-hydrogen) atoms. The summed E-state index contributed by atoms with van der Waals surface area (Å²) in [5, 5.41) is 22.9. The molecule has 0 amide bonds. The number of aromatic nitrogens is 1. The van der Waals surface area contributed by atoms with Crippen LogP contribution in [0.5, 0.6) is 0 Å². The molecule has 0 spiro atoms. The van der Waals surface area contributed by atoms with Crippen LogP contribution in [0.3, 0.4) is 0 Å². The molecule has 0 atom stereocenters. The third-order valence-electron chi connectivity index (χ3n) is 8.80. The highest BCUT2D eigenvalue weighted by Gasteiger charge is 2.32. The SMILES string of the molecule is CCN(CC1CCC(C(=O)O)CC1)c1cc2c(cc1CN(Cc1cc(C#N)cc(C(F)(F)F)c1)c1cc(C)no1)CCC2. The molecule has 3 aromatic rings. The van der Waals surface area contributed by atoms with E-state index < -0.39 is 17.7 Å². The number of nitrogens with zero attached hydrogens (tertiary/aromatic N) is 4. The summed E-state index contributed by atoms with van der Waals surface area (Å²) in [6.45, 7) is 5.96. The molecule has 0 saturated heterocycles. The first-order valence-corrected chi connectivity index (χ1v) is 15.0. The van der Waals surface area contributed by atoms with E-state index in [4.69, 9.17) is 4.52 Å². The highest BCUT2D eigenvalue weighted by Crippen LogP contribution is 2.36. The van der Waals surface area contributed by atoms with Crippen LogP contribution in [0.4, 0.5) is 24.7 Å². The van der Waals surface area contributed by atoms with Gasteiger partial charge in [0.05, 0.1) is 28.8 Å². The van der Waals surface area contributed by atoms with Crippen LogP contribution in [0.15, 0.2) is 40.9 Å². The molecule has 1 heterocycles. The van der Waals surface area contributed by atoms with Gasteiger partial charge in [-0.15, -0.1) is 0 Å². The van der Waals surface area contributed by atoms with Gasteiger partial charge in [-0.25, -0.2) is 0 Å². The van der Waals surface area contributed by atoms with Gasteiger partial charge in [-0.05, 0) is 111 Å². The number of aryl methyl sites for hydroxylation is 3. The monoisotopic (exact) mass is 594 g/mol. The second kappa shape index (κ2) is 12.7. The summed E-state index contributed by atoms with van der Waals surface area (Å²) in [7, 11) is 0. The van der Waals surface area contributed by atoms with Gasteiger partial charge in [0.15, 0.2) is 0 Å². The largest absolute Gasteiger partial charge is 0.481 e. The normalized spacial score (nSPS) is 18.2. The number of carboxylic acids is 1. The fourth-order valence-corrected chi connectivity index (χ4v) is 6.53. The predicted molar refractivity (Wildman–Crippen MR) is 157 cm³/mol. The van der Waals surface area contributed by atoms with Crippen molar-refractivity contribution in [2.45, 2.75) is 78.1 Å². The molecule has 1 aromatic heterocycles. The topological polar surface area (TPSA) is 93.6 Å². The Hall–Kier alpha value is -4.00. The molecule has 5 rings (SSSR count). The number of anilines is 2. The molecule has 7 nitrogen and oxygen atoms in total. The Balaban J connectivity index is 1.48. The first-order valence-electron chi connectivity index (χ1n) is 15.0. The van der Waals surface area contributed by atoms with Crippen molar-refractivity contribution in [1.82, 2.24) is 5.16 Å². The van der Waals surface area contributed by atoms with Gasteiger partial charge in [0.1, 0.15) is 0 Å². The van der Waals surface area contributed by atoms with Crippen molar-refractivity contribution in [2.75, 3.05) is 22.9 Å². The van der Waals surface area contributed by atoms with E-state index in [1.807, 2.05) is 11.0 Å². The first-order chi connectivity index (χ1) is 20.5. The van der Waals surface area contributed by atoms with E-state index in [-0.39, 0.29) is 18.0 Å². The number of halogens is 3. The maximum Gasteiger partial charge on any atom is 0.416 e. The molecule has 2 aliphatic rings. The van der Waals surface area contributed by atoms with Gasteiger partial charge in [-0.2, -0.15) is 18.4 Å². The lowest BCUT2D eigenvalue weighted by atomic mass is 9.81. The number of hydrogen-bond acceptors (Lipinski definition) is 6. The number of benzene rings is 2. The summed E-state index contributed by atoms with van der Waals surface area (Å²) < 4.78 is 46.6. The quantitative estimate of drug-likeness (QED) is 0.264. The van der Waals surface area contributed by atoms with Gasteiger partial charge in [0, 0.05) is 37.9 Å². The minimum atomic E-state index is -4.58. The molecule has 0 aliphatic heterocycles. The molecule has 10 heteroatoms. The van der Waals surface area contributed by atoms with Crippen molar-refractivity contribution in [3.63, 3.8) is 0 Å². The number of hydrogen-bond donors (Lipinski definition) is 1. The maximum atomic E-state index is 13.7. The summed E-state index contributed by atoms with van der Waals surface area (Å²) in [5.41, 5.74) is 4.85. The fourth-order valence-electron chi connectivity index (χ4n) is 6.53. The van der Waals surface area contributed by atoms with Crippen LogP contribution in [0.25, 0.3) is 0 Å². The van der Waals surface area contributed by atoms with Crippen LogP contribution in [0.1, 0.15) is 78.1 Å². The smallest absolute Gasteiger partial charge is 0.416 e. The van der Waals surface area contributed by atoms with Crippen LogP contribution in [-0.4, -0.2) is 29.3 Å². The zero-order chi connectivity index (χ0) is 30.7. The fraction of sp³-hybridized carbons (Fsp3) is 0.485. The minimum Gasteiger partial charge on any atom is -0.481 e. The number of carboxylic acid groups (broad SMARTS) is 1. The Labute approximate surface area is 249 Å². The number of alkyl halides is 3. The van der Waals surface area contributed by atoms with E-state index in [9.17, 15) is 28.3 Å². The Kier molecular flexibility index (Phi) is 9.00. The molecule has 1 fully saturated rings. The van der Waals surface area contributed by atoms with E-state index in [1.165, 1.54) is 17.2 Å². The number of aliphatic carboxylic acids is 1. The van der Waals surface area contributed by atoms with E-state index >= 15 is 0 Å². The van der Waals surface area contributed by atoms with Gasteiger partial charge in [-0.1, -0.05) is 11.2 Å². The zero-order valence-electron chi connectivity index (χ0n) is 24.6. The molecule has 1 saturated carbocycles. The van der Waals surface area contributed by atoms with E-state index in [0.29, 0.717) is 42.4 Å². The number of rotatable bonds is 10. The van der Waals surface area contributed by atoms with Crippen molar-refractivity contribution in [3.05, 3.63) is 75.5 Å². The molecule has 1 N–H and O–H groups in total. The summed E-state index contributed by atoms with van der Waals surface area (Å²) >= 11 is 0. The molecule has 0 radical (unpaired) electrons. The van der Waals surface area contributed by atoms with Gasteiger partial charge in [0.25, 0.3) is 0 Å². The lowest BCUT2D eigenvalue weighted by Crippen LogP contribution is -2.34. The molecule has 2 aliphatic carbocycles. The third kappa shape index (κ3) is 7.15. The lowest BCUT2D eigenvalue weighted by molar-refractivity contribution is -0.143. The van der Waals surface area contributed by atoms with Crippen LogP contribution in [-0.2, 0) is 36.9 Å². The number of nitriles is 1. The summed E-state index contributed by atoms with van der Waals surface area (Å²) in [4.78, 5) is 15.7. The van der Waals surface area contributed by atoms with Crippen molar-refractivity contribution in [2.24, 2.45) is 11.8 Å². The average molecular weight is 595 g/mol. The Morgan fingerprint density at radius 3 is 2.37 bits per heavy atom. The highest BCUT2D eigenvalue weighted by atomic mass is 19.4. The number of carbonyl (C=O) groups is 1. The van der Waals surface area contributed by atoms with E-state index in [2.05, 4.69) is 29.1 Å². The maximum absolute atomic E-state index is 13.7. The van der Waals surface area contributed by atoms with Crippen LogP contribution >= 0.6 is 0 Å². The second-order valence-corrected chi connectivity index (χ2v) is 11.9. The minimum absolute atomic E-state index is 0.0495. The summed E-state index contributed by atoms with van der Waals surface area (Å²) in [6.07, 6.45) is 1.61. The van der Waals surface area contributed by atoms with Crippen molar-refractivity contribution in [1.29, 1.82) is 5.26 Å². The number of fused-ring (bicyclic) bond motifs is 1. The summed E-state index contributed by atoms with van der Waals surface area (Å²) in [5.74, 6) is -0.149. The van der Waals surface area contributed by atoms with Crippen molar-refractivity contribution >= 4 is 17.5 Å².